The predicted octanol–water partition coefficient (Wildman–Crippen LogP) is 5.17. The van der Waals surface area contributed by atoms with E-state index in [4.69, 9.17) is 23.8 Å². The largest absolute Gasteiger partial charge is 0.379 e. The van der Waals surface area contributed by atoms with Crippen LogP contribution in [0.1, 0.15) is 113 Å². The lowest BCUT2D eigenvalue weighted by molar-refractivity contribution is -0.137. The van der Waals surface area contributed by atoms with Crippen LogP contribution in [0.25, 0.3) is 0 Å². The Balaban J connectivity index is -0.000000735. The Bertz CT molecular complexity index is 1260. The number of nitrogens with one attached hydrogen (secondary N) is 3. The highest BCUT2D eigenvalue weighted by Crippen LogP contribution is 2.48. The zero-order valence-corrected chi connectivity index (χ0v) is 42.5. The molecule has 0 bridgehead atoms. The van der Waals surface area contributed by atoms with Crippen molar-refractivity contribution in [2.75, 3.05) is 69.8 Å². The van der Waals surface area contributed by atoms with E-state index in [1.165, 1.54) is 5.56 Å². The summed E-state index contributed by atoms with van der Waals surface area (Å²) < 4.78 is 16.6. The number of hydrogen-bond acceptors (Lipinski definition) is 12. The van der Waals surface area contributed by atoms with Gasteiger partial charge >= 0.3 is 0 Å². The van der Waals surface area contributed by atoms with Crippen molar-refractivity contribution in [1.82, 2.24) is 30.7 Å². The molecule has 15 heteroatoms. The average molecular weight is 896 g/mol. The number of likely N-dealkylation sites (N-methyl/N-ethyl adjacent to an activating group) is 2. The Morgan fingerprint density at radius 2 is 1.46 bits per heavy atom. The van der Waals surface area contributed by atoms with Crippen molar-refractivity contribution in [3.63, 3.8) is 0 Å². The van der Waals surface area contributed by atoms with Crippen molar-refractivity contribution in [1.29, 1.82) is 0 Å². The Labute approximate surface area is 383 Å². The summed E-state index contributed by atoms with van der Waals surface area (Å²) >= 11 is 0. The number of nitrogens with two attached hydrogens (primary N) is 1. The third kappa shape index (κ3) is 26.9. The van der Waals surface area contributed by atoms with Crippen molar-refractivity contribution in [2.45, 2.75) is 149 Å². The maximum absolute atomic E-state index is 12.2. The minimum atomic E-state index is -0.120. The first-order valence-corrected chi connectivity index (χ1v) is 22.7. The number of carbonyl (C=O) groups excluding carboxylic acids is 5. The number of amides is 3. The van der Waals surface area contributed by atoms with Gasteiger partial charge < -0.3 is 54.9 Å². The minimum absolute atomic E-state index is 0.0867. The maximum Gasteiger partial charge on any atom is 0.222 e. The van der Waals surface area contributed by atoms with Crippen molar-refractivity contribution >= 4 is 31.3 Å². The number of likely N-dealkylation sites (tertiary alicyclic amines) is 1. The topological polar surface area (TPSA) is 185 Å². The second-order valence-corrected chi connectivity index (χ2v) is 17.1. The number of rotatable bonds is 23. The first-order chi connectivity index (χ1) is 29.9. The number of fused-ring (bicyclic) bond motifs is 1. The van der Waals surface area contributed by atoms with E-state index in [2.05, 4.69) is 115 Å². The molecule has 3 amide bonds. The highest BCUT2D eigenvalue weighted by atomic mass is 16.5. The molecular formula is C48H93N7O8. The van der Waals surface area contributed by atoms with Gasteiger partial charge in [-0.05, 0) is 90.5 Å². The Morgan fingerprint density at radius 1 is 0.889 bits per heavy atom. The van der Waals surface area contributed by atoms with Crippen molar-refractivity contribution in [2.24, 2.45) is 29.4 Å². The van der Waals surface area contributed by atoms with E-state index >= 15 is 0 Å². The van der Waals surface area contributed by atoms with E-state index in [-0.39, 0.29) is 42.8 Å². The molecule has 1 saturated heterocycles. The van der Waals surface area contributed by atoms with Gasteiger partial charge in [-0.1, -0.05) is 85.2 Å². The molecule has 2 fully saturated rings. The van der Waals surface area contributed by atoms with Crippen LogP contribution in [0.15, 0.2) is 30.3 Å². The second kappa shape index (κ2) is 39.1. The molecule has 3 rings (SSSR count). The minimum Gasteiger partial charge on any atom is -0.379 e. The zero-order valence-electron chi connectivity index (χ0n) is 42.5. The number of nitrogens with zero attached hydrogens (tertiary/aromatic N) is 3. The number of carbonyl (C=O) groups is 5. The standard InChI is InChI=1S/C15H31NO2.C12H20N2O.C10H15NO3.C7H17N.2C2H5NO/c1-8-12(5)15(13(9-2)18-7)16(6)14(17)10-11(3)4;1-10(14-3)12(15-9-13-2)11-7-5-4-6-8-11;1-14-10(2-3-12)9-5-7-4-8(7)11(9)6-13;1-6(2)7(3)8(4)5;1-3-2-4;3-1-2-4/h11-13,15H,8-10H2,1-7H3;4-8,10,12-14H,9H2,1-3H3;3,6-10H,2,4-5H2,1H3;6-7H,1-5H3;2H,1H3,(H,3,4);2H,1,3H2/t;10-,12?;;;;/m.1..../s1. The summed E-state index contributed by atoms with van der Waals surface area (Å²) in [6, 6.07) is 12.0. The molecule has 1 aliphatic carbocycles. The number of benzene rings is 1. The fourth-order valence-electron chi connectivity index (χ4n) is 7.07. The molecule has 15 nitrogen and oxygen atoms in total. The summed E-state index contributed by atoms with van der Waals surface area (Å²) in [5, 5.41) is 8.47. The van der Waals surface area contributed by atoms with Crippen LogP contribution < -0.4 is 21.7 Å². The first-order valence-electron chi connectivity index (χ1n) is 22.7. The van der Waals surface area contributed by atoms with E-state index in [9.17, 15) is 14.4 Å². The van der Waals surface area contributed by atoms with Crippen LogP contribution in [0.3, 0.4) is 0 Å². The highest BCUT2D eigenvalue weighted by Gasteiger charge is 2.53. The molecule has 9 unspecified atom stereocenters. The molecular weight excluding hydrogens is 803 g/mol. The zero-order chi connectivity index (χ0) is 49.1. The van der Waals surface area contributed by atoms with Gasteiger partial charge in [-0.2, -0.15) is 0 Å². The molecule has 1 aliphatic heterocycles. The van der Waals surface area contributed by atoms with Gasteiger partial charge in [0.25, 0.3) is 0 Å². The lowest BCUT2D eigenvalue weighted by Gasteiger charge is -2.37. The molecule has 0 spiro atoms. The number of piperidine rings is 1. The Hall–Kier alpha value is -3.31. The molecule has 368 valence electrons. The molecule has 10 atom stereocenters. The molecule has 5 N–H and O–H groups in total. The van der Waals surface area contributed by atoms with Crippen LogP contribution in [0.4, 0.5) is 0 Å². The van der Waals surface area contributed by atoms with Crippen LogP contribution >= 0.6 is 0 Å². The SMILES string of the molecule is CC(C)C(C)N(C)C.CCC(C)C(C(CC)OC)N(C)C(=O)CC(C)C.CNC=O.CNCOC(c1ccccc1)[C@@H](C)NC.COC(CC=O)C1CC2CC2N1C=O.NCC=O. The molecule has 0 radical (unpaired) electrons. The van der Waals surface area contributed by atoms with Crippen molar-refractivity contribution in [3.8, 4) is 0 Å². The Kier molecular flexibility index (Phi) is 39.7. The van der Waals surface area contributed by atoms with E-state index in [1.807, 2.05) is 49.1 Å². The van der Waals surface area contributed by atoms with Gasteiger partial charge in [0.05, 0.1) is 37.1 Å². The van der Waals surface area contributed by atoms with Crippen LogP contribution in [0.5, 0.6) is 0 Å². The second-order valence-electron chi connectivity index (χ2n) is 17.1. The molecule has 63 heavy (non-hydrogen) atoms. The van der Waals surface area contributed by atoms with Gasteiger partial charge in [-0.3, -0.25) is 19.7 Å². The van der Waals surface area contributed by atoms with E-state index in [0.29, 0.717) is 68.1 Å². The molecule has 1 saturated carbocycles. The maximum atomic E-state index is 12.2. The van der Waals surface area contributed by atoms with Gasteiger partial charge in [0.1, 0.15) is 12.6 Å². The van der Waals surface area contributed by atoms with Crippen molar-refractivity contribution in [3.05, 3.63) is 35.9 Å². The summed E-state index contributed by atoms with van der Waals surface area (Å²) in [5.74, 6) is 2.52. The quantitative estimate of drug-likeness (QED) is 0.0837. The van der Waals surface area contributed by atoms with Crippen LogP contribution in [-0.4, -0.2) is 158 Å². The Morgan fingerprint density at radius 3 is 1.81 bits per heavy atom. The van der Waals surface area contributed by atoms with Crippen molar-refractivity contribution < 1.29 is 38.2 Å². The number of hydrogen-bond donors (Lipinski definition) is 4. The summed E-state index contributed by atoms with van der Waals surface area (Å²) in [5.41, 5.74) is 5.86. The highest BCUT2D eigenvalue weighted by molar-refractivity contribution is 5.76. The lowest BCUT2D eigenvalue weighted by atomic mass is 9.91. The number of aldehydes is 2. The van der Waals surface area contributed by atoms with E-state index in [1.54, 1.807) is 21.3 Å². The van der Waals surface area contributed by atoms with E-state index < -0.39 is 0 Å². The number of ether oxygens (including phenoxy) is 3. The molecule has 1 aromatic carbocycles. The van der Waals surface area contributed by atoms with Crippen LogP contribution in [0, 0.1) is 23.7 Å². The van der Waals surface area contributed by atoms with Gasteiger partial charge in [0, 0.05) is 65.8 Å². The molecule has 1 heterocycles. The third-order valence-electron chi connectivity index (χ3n) is 11.6. The summed E-state index contributed by atoms with van der Waals surface area (Å²) in [6.45, 7) is 20.2. The van der Waals surface area contributed by atoms with Crippen LogP contribution in [0.2, 0.25) is 0 Å². The smallest absolute Gasteiger partial charge is 0.222 e. The summed E-state index contributed by atoms with van der Waals surface area (Å²) in [6.07, 6.45) is 8.25. The lowest BCUT2D eigenvalue weighted by Crippen LogP contribution is -2.49. The van der Waals surface area contributed by atoms with Gasteiger partial charge in [-0.25, -0.2) is 0 Å². The summed E-state index contributed by atoms with van der Waals surface area (Å²) in [4.78, 5) is 57.6. The molecule has 2 aliphatic rings. The number of methoxy groups -OCH3 is 2. The van der Waals surface area contributed by atoms with Gasteiger partial charge in [0.15, 0.2) is 0 Å². The summed E-state index contributed by atoms with van der Waals surface area (Å²) in [7, 11) is 14.9. The van der Waals surface area contributed by atoms with Gasteiger partial charge in [0.2, 0.25) is 18.7 Å². The third-order valence-corrected chi connectivity index (χ3v) is 11.6. The van der Waals surface area contributed by atoms with E-state index in [0.717, 1.165) is 44.3 Å². The fourth-order valence-corrected chi connectivity index (χ4v) is 7.07. The fraction of sp³-hybridized carbons (Fsp3) is 0.771. The monoisotopic (exact) mass is 896 g/mol. The average Bonchev–Trinajstić information content (AvgIpc) is 3.96. The first kappa shape index (κ1) is 64.0. The van der Waals surface area contributed by atoms with Crippen LogP contribution in [-0.2, 0) is 38.2 Å². The molecule has 0 aromatic heterocycles. The molecule has 1 aromatic rings. The predicted molar refractivity (Wildman–Crippen MR) is 257 cm³/mol. The van der Waals surface area contributed by atoms with Gasteiger partial charge in [-0.15, -0.1) is 0 Å². The normalized spacial score (nSPS) is 19.0.